The van der Waals surface area contributed by atoms with E-state index in [9.17, 15) is 5.11 Å². The number of piperidine rings is 1. The summed E-state index contributed by atoms with van der Waals surface area (Å²) in [6.45, 7) is 14.8. The smallest absolute Gasteiger partial charge is 0.0768 e. The number of likely N-dealkylation sites (tertiary alicyclic amines) is 1. The molecule has 1 fully saturated rings. The summed E-state index contributed by atoms with van der Waals surface area (Å²) in [6, 6.07) is 0.658. The largest absolute Gasteiger partial charge is 0.389 e. The van der Waals surface area contributed by atoms with Crippen LogP contribution in [0.25, 0.3) is 0 Å². The summed E-state index contributed by atoms with van der Waals surface area (Å²) < 4.78 is 0. The second kappa shape index (κ2) is 6.88. The average Bonchev–Trinajstić information content (AvgIpc) is 2.27. The zero-order valence-electron chi connectivity index (χ0n) is 12.9. The first kappa shape index (κ1) is 15.9. The maximum Gasteiger partial charge on any atom is 0.0768 e. The van der Waals surface area contributed by atoms with E-state index in [-0.39, 0.29) is 0 Å². The van der Waals surface area contributed by atoms with Crippen molar-refractivity contribution in [1.29, 1.82) is 0 Å². The predicted molar refractivity (Wildman–Crippen MR) is 77.8 cm³/mol. The van der Waals surface area contributed by atoms with Crippen molar-refractivity contribution in [2.24, 2.45) is 11.8 Å². The normalized spacial score (nSPS) is 29.5. The first-order valence-corrected chi connectivity index (χ1v) is 7.55. The SMILES string of the molecule is CCCNC1CCN(CC(C)(O)C(C)C)CC1C. The Labute approximate surface area is 113 Å². The molecule has 0 aromatic carbocycles. The molecule has 0 spiro atoms. The zero-order valence-corrected chi connectivity index (χ0v) is 12.9. The Kier molecular flexibility index (Phi) is 6.09. The van der Waals surface area contributed by atoms with E-state index in [1.54, 1.807) is 0 Å². The average molecular weight is 256 g/mol. The predicted octanol–water partition coefficient (Wildman–Crippen LogP) is 2.10. The van der Waals surface area contributed by atoms with Gasteiger partial charge >= 0.3 is 0 Å². The standard InChI is InChI=1S/C15H32N2O/c1-6-8-16-14-7-9-17(10-13(14)4)11-15(5,18)12(2)3/h12-14,16,18H,6-11H2,1-5H3. The molecule has 108 valence electrons. The van der Waals surface area contributed by atoms with Gasteiger partial charge in [0.25, 0.3) is 0 Å². The number of nitrogens with zero attached hydrogens (tertiary/aromatic N) is 1. The molecule has 1 aliphatic heterocycles. The quantitative estimate of drug-likeness (QED) is 0.764. The van der Waals surface area contributed by atoms with Gasteiger partial charge in [0.2, 0.25) is 0 Å². The summed E-state index contributed by atoms with van der Waals surface area (Å²) in [5.41, 5.74) is -0.566. The highest BCUT2D eigenvalue weighted by molar-refractivity contribution is 4.87. The van der Waals surface area contributed by atoms with Crippen molar-refractivity contribution in [2.45, 2.75) is 59.1 Å². The van der Waals surface area contributed by atoms with Crippen LogP contribution in [0.4, 0.5) is 0 Å². The van der Waals surface area contributed by atoms with Gasteiger partial charge in [0.1, 0.15) is 0 Å². The topological polar surface area (TPSA) is 35.5 Å². The molecule has 3 nitrogen and oxygen atoms in total. The fourth-order valence-electron chi connectivity index (χ4n) is 2.64. The van der Waals surface area contributed by atoms with E-state index in [1.165, 1.54) is 12.8 Å². The molecule has 0 bridgehead atoms. The van der Waals surface area contributed by atoms with Crippen LogP contribution in [0.2, 0.25) is 0 Å². The summed E-state index contributed by atoms with van der Waals surface area (Å²) in [7, 11) is 0. The Morgan fingerprint density at radius 3 is 2.61 bits per heavy atom. The molecule has 0 aromatic heterocycles. The van der Waals surface area contributed by atoms with Crippen LogP contribution in [-0.4, -0.2) is 47.8 Å². The maximum atomic E-state index is 10.4. The van der Waals surface area contributed by atoms with Crippen LogP contribution in [0.15, 0.2) is 0 Å². The minimum absolute atomic E-state index is 0.309. The summed E-state index contributed by atoms with van der Waals surface area (Å²) in [5.74, 6) is 0.983. The number of β-amino-alcohol motifs (C(OH)–C–C–N with tert-alkyl or cyclic N) is 1. The second-order valence-corrected chi connectivity index (χ2v) is 6.57. The molecule has 1 rings (SSSR count). The molecular weight excluding hydrogens is 224 g/mol. The lowest BCUT2D eigenvalue weighted by molar-refractivity contribution is -0.0297. The number of hydrogen-bond acceptors (Lipinski definition) is 3. The molecule has 0 radical (unpaired) electrons. The van der Waals surface area contributed by atoms with E-state index in [1.807, 2.05) is 6.92 Å². The van der Waals surface area contributed by atoms with Crippen molar-refractivity contribution in [3.05, 3.63) is 0 Å². The van der Waals surface area contributed by atoms with Crippen molar-refractivity contribution < 1.29 is 5.11 Å². The van der Waals surface area contributed by atoms with Crippen molar-refractivity contribution in [3.63, 3.8) is 0 Å². The van der Waals surface area contributed by atoms with Gasteiger partial charge in [-0.3, -0.25) is 0 Å². The van der Waals surface area contributed by atoms with Crippen molar-refractivity contribution in [2.75, 3.05) is 26.2 Å². The lowest BCUT2D eigenvalue weighted by Gasteiger charge is -2.41. The molecule has 0 amide bonds. The van der Waals surface area contributed by atoms with Crippen LogP contribution < -0.4 is 5.32 Å². The molecule has 0 aliphatic carbocycles. The third kappa shape index (κ3) is 4.52. The molecular formula is C15H32N2O. The van der Waals surface area contributed by atoms with Gasteiger partial charge in [-0.2, -0.15) is 0 Å². The Morgan fingerprint density at radius 2 is 2.11 bits per heavy atom. The van der Waals surface area contributed by atoms with E-state index in [2.05, 4.69) is 37.9 Å². The molecule has 18 heavy (non-hydrogen) atoms. The Morgan fingerprint density at radius 1 is 1.44 bits per heavy atom. The van der Waals surface area contributed by atoms with Crippen molar-refractivity contribution in [1.82, 2.24) is 10.2 Å². The minimum atomic E-state index is -0.566. The fourth-order valence-corrected chi connectivity index (χ4v) is 2.64. The van der Waals surface area contributed by atoms with Crippen LogP contribution in [0.5, 0.6) is 0 Å². The zero-order chi connectivity index (χ0) is 13.8. The van der Waals surface area contributed by atoms with Crippen LogP contribution in [0.3, 0.4) is 0 Å². The van der Waals surface area contributed by atoms with E-state index in [0.29, 0.717) is 17.9 Å². The number of hydrogen-bond donors (Lipinski definition) is 2. The molecule has 1 heterocycles. The molecule has 2 N–H and O–H groups in total. The first-order valence-electron chi connectivity index (χ1n) is 7.55. The highest BCUT2D eigenvalue weighted by Crippen LogP contribution is 2.22. The van der Waals surface area contributed by atoms with Crippen molar-refractivity contribution >= 4 is 0 Å². The Hall–Kier alpha value is -0.120. The number of aliphatic hydroxyl groups is 1. The highest BCUT2D eigenvalue weighted by atomic mass is 16.3. The summed E-state index contributed by atoms with van der Waals surface area (Å²) >= 11 is 0. The van der Waals surface area contributed by atoms with Crippen LogP contribution in [0.1, 0.15) is 47.5 Å². The van der Waals surface area contributed by atoms with E-state index < -0.39 is 5.60 Å². The van der Waals surface area contributed by atoms with Gasteiger partial charge in [0.05, 0.1) is 5.60 Å². The highest BCUT2D eigenvalue weighted by Gasteiger charge is 2.32. The van der Waals surface area contributed by atoms with E-state index in [4.69, 9.17) is 0 Å². The van der Waals surface area contributed by atoms with Crippen LogP contribution >= 0.6 is 0 Å². The third-order valence-corrected chi connectivity index (χ3v) is 4.43. The van der Waals surface area contributed by atoms with Gasteiger partial charge < -0.3 is 15.3 Å². The number of nitrogens with one attached hydrogen (secondary N) is 1. The Bertz CT molecular complexity index is 241. The van der Waals surface area contributed by atoms with Gasteiger partial charge in [0, 0.05) is 19.1 Å². The minimum Gasteiger partial charge on any atom is -0.389 e. The van der Waals surface area contributed by atoms with Crippen LogP contribution in [0, 0.1) is 11.8 Å². The van der Waals surface area contributed by atoms with Gasteiger partial charge in [-0.25, -0.2) is 0 Å². The molecule has 0 saturated carbocycles. The van der Waals surface area contributed by atoms with E-state index >= 15 is 0 Å². The van der Waals surface area contributed by atoms with Crippen molar-refractivity contribution in [3.8, 4) is 0 Å². The summed E-state index contributed by atoms with van der Waals surface area (Å²) in [4.78, 5) is 2.43. The molecule has 3 unspecified atom stereocenters. The lowest BCUT2D eigenvalue weighted by Crippen LogP contribution is -2.53. The van der Waals surface area contributed by atoms with E-state index in [0.717, 1.165) is 26.2 Å². The molecule has 0 aromatic rings. The fraction of sp³-hybridized carbons (Fsp3) is 1.00. The first-order chi connectivity index (χ1) is 8.36. The number of rotatable bonds is 6. The maximum absolute atomic E-state index is 10.4. The summed E-state index contributed by atoms with van der Waals surface area (Å²) in [6.07, 6.45) is 2.41. The van der Waals surface area contributed by atoms with Gasteiger partial charge in [-0.15, -0.1) is 0 Å². The molecule has 3 heteroatoms. The Balaban J connectivity index is 2.41. The van der Waals surface area contributed by atoms with Crippen LogP contribution in [-0.2, 0) is 0 Å². The van der Waals surface area contributed by atoms with Gasteiger partial charge in [0.15, 0.2) is 0 Å². The molecule has 1 aliphatic rings. The lowest BCUT2D eigenvalue weighted by atomic mass is 9.88. The molecule has 1 saturated heterocycles. The second-order valence-electron chi connectivity index (χ2n) is 6.57. The van der Waals surface area contributed by atoms with Gasteiger partial charge in [-0.1, -0.05) is 27.7 Å². The third-order valence-electron chi connectivity index (χ3n) is 4.43. The summed E-state index contributed by atoms with van der Waals surface area (Å²) in [5, 5.41) is 14.0. The molecule has 3 atom stereocenters. The van der Waals surface area contributed by atoms with Gasteiger partial charge in [-0.05, 0) is 44.7 Å². The monoisotopic (exact) mass is 256 g/mol.